The zero-order valence-electron chi connectivity index (χ0n) is 11.4. The van der Waals surface area contributed by atoms with Gasteiger partial charge in [0.25, 0.3) is 0 Å². The zero-order valence-corrected chi connectivity index (χ0v) is 11.4. The molecule has 3 nitrogen and oxygen atoms in total. The molecule has 0 saturated heterocycles. The van der Waals surface area contributed by atoms with Crippen molar-refractivity contribution < 1.29 is 14.3 Å². The van der Waals surface area contributed by atoms with Crippen LogP contribution in [0.1, 0.15) is 47.5 Å². The second-order valence-electron chi connectivity index (χ2n) is 5.59. The highest BCUT2D eigenvalue weighted by Gasteiger charge is 2.56. The third-order valence-electron chi connectivity index (χ3n) is 3.74. The highest BCUT2D eigenvalue weighted by molar-refractivity contribution is 5.82. The molecule has 2 rings (SSSR count). The first-order valence-corrected chi connectivity index (χ1v) is 6.11. The number of esters is 2. The lowest BCUT2D eigenvalue weighted by Crippen LogP contribution is -2.03. The summed E-state index contributed by atoms with van der Waals surface area (Å²) in [5.74, 6) is 0.831. The quantitative estimate of drug-likeness (QED) is 0.370. The van der Waals surface area contributed by atoms with Gasteiger partial charge in [0.2, 0.25) is 0 Å². The number of allylic oxidation sites excluding steroid dienone is 2. The van der Waals surface area contributed by atoms with Gasteiger partial charge < -0.3 is 4.74 Å². The minimum atomic E-state index is -0.562. The van der Waals surface area contributed by atoms with Crippen molar-refractivity contribution >= 4 is 11.9 Å². The summed E-state index contributed by atoms with van der Waals surface area (Å²) in [6, 6.07) is 0. The maximum absolute atomic E-state index is 9.81. The average molecular weight is 238 g/mol. The molecule has 2 aliphatic carbocycles. The van der Waals surface area contributed by atoms with Crippen LogP contribution in [0.5, 0.6) is 0 Å². The maximum Gasteiger partial charge on any atom is 0.310 e. The largest absolute Gasteiger partial charge is 0.394 e. The van der Waals surface area contributed by atoms with Gasteiger partial charge >= 0.3 is 11.9 Å². The SMILES string of the molecule is CC(=O)OC(C)=O.CC1=CC2C(CC1)C2(C)C. The van der Waals surface area contributed by atoms with Crippen molar-refractivity contribution in [3.8, 4) is 0 Å². The summed E-state index contributed by atoms with van der Waals surface area (Å²) < 4.78 is 3.97. The molecule has 3 heteroatoms. The average Bonchev–Trinajstić information content (AvgIpc) is 2.66. The molecule has 0 radical (unpaired) electrons. The zero-order chi connectivity index (χ0) is 13.2. The maximum atomic E-state index is 9.81. The Morgan fingerprint density at radius 1 is 1.29 bits per heavy atom. The summed E-state index contributed by atoms with van der Waals surface area (Å²) in [5.41, 5.74) is 2.27. The molecule has 0 heterocycles. The molecule has 0 amide bonds. The Labute approximate surface area is 103 Å². The molecule has 1 saturated carbocycles. The lowest BCUT2D eigenvalue weighted by atomic mass is 10.0. The molecule has 0 N–H and O–H groups in total. The summed E-state index contributed by atoms with van der Waals surface area (Å²) in [6.45, 7) is 9.43. The molecule has 2 aliphatic rings. The number of hydrogen-bond donors (Lipinski definition) is 0. The Morgan fingerprint density at radius 3 is 2.12 bits per heavy atom. The number of hydrogen-bond acceptors (Lipinski definition) is 3. The molecule has 0 aromatic rings. The van der Waals surface area contributed by atoms with E-state index in [4.69, 9.17) is 0 Å². The van der Waals surface area contributed by atoms with Crippen LogP contribution < -0.4 is 0 Å². The molecular weight excluding hydrogens is 216 g/mol. The van der Waals surface area contributed by atoms with Crippen LogP contribution in [0.4, 0.5) is 0 Å². The van der Waals surface area contributed by atoms with Gasteiger partial charge in [-0.05, 0) is 37.0 Å². The normalized spacial score (nSPS) is 27.9. The van der Waals surface area contributed by atoms with E-state index >= 15 is 0 Å². The third kappa shape index (κ3) is 3.69. The van der Waals surface area contributed by atoms with E-state index in [0.717, 1.165) is 11.8 Å². The predicted molar refractivity (Wildman–Crippen MR) is 66.2 cm³/mol. The van der Waals surface area contributed by atoms with Crippen molar-refractivity contribution in [2.75, 3.05) is 0 Å². The summed E-state index contributed by atoms with van der Waals surface area (Å²) in [6.07, 6.45) is 5.29. The molecule has 2 unspecified atom stereocenters. The Morgan fingerprint density at radius 2 is 1.82 bits per heavy atom. The third-order valence-corrected chi connectivity index (χ3v) is 3.74. The number of rotatable bonds is 0. The van der Waals surface area contributed by atoms with Crippen molar-refractivity contribution in [2.24, 2.45) is 17.3 Å². The molecule has 0 spiro atoms. The van der Waals surface area contributed by atoms with E-state index in [0.29, 0.717) is 5.41 Å². The summed E-state index contributed by atoms with van der Waals surface area (Å²) in [5, 5.41) is 0. The topological polar surface area (TPSA) is 43.4 Å². The summed E-state index contributed by atoms with van der Waals surface area (Å²) >= 11 is 0. The van der Waals surface area contributed by atoms with Crippen LogP contribution in [-0.4, -0.2) is 11.9 Å². The van der Waals surface area contributed by atoms with E-state index < -0.39 is 11.9 Å². The molecule has 0 bridgehead atoms. The van der Waals surface area contributed by atoms with Gasteiger partial charge in [-0.15, -0.1) is 0 Å². The molecule has 0 aliphatic heterocycles. The monoisotopic (exact) mass is 238 g/mol. The van der Waals surface area contributed by atoms with Gasteiger partial charge in [-0.1, -0.05) is 25.5 Å². The summed E-state index contributed by atoms with van der Waals surface area (Å²) in [7, 11) is 0. The second kappa shape index (κ2) is 5.03. The van der Waals surface area contributed by atoms with Gasteiger partial charge in [0.15, 0.2) is 0 Å². The van der Waals surface area contributed by atoms with E-state index in [1.165, 1.54) is 26.7 Å². The van der Waals surface area contributed by atoms with Crippen LogP contribution in [0.3, 0.4) is 0 Å². The van der Waals surface area contributed by atoms with Crippen molar-refractivity contribution in [3.05, 3.63) is 11.6 Å². The van der Waals surface area contributed by atoms with Gasteiger partial charge in [-0.25, -0.2) is 0 Å². The molecule has 2 atom stereocenters. The van der Waals surface area contributed by atoms with Gasteiger partial charge in [0, 0.05) is 13.8 Å². The van der Waals surface area contributed by atoms with E-state index in [9.17, 15) is 9.59 Å². The predicted octanol–water partition coefficient (Wildman–Crippen LogP) is 3.09. The van der Waals surface area contributed by atoms with E-state index in [2.05, 4.69) is 31.6 Å². The van der Waals surface area contributed by atoms with Gasteiger partial charge in [0.1, 0.15) is 0 Å². The number of fused-ring (bicyclic) bond motifs is 1. The number of carbonyl (C=O) groups is 2. The molecular formula is C14H22O3. The highest BCUT2D eigenvalue weighted by Crippen LogP contribution is 2.63. The fraction of sp³-hybridized carbons (Fsp3) is 0.714. The van der Waals surface area contributed by atoms with Crippen molar-refractivity contribution in [1.29, 1.82) is 0 Å². The molecule has 96 valence electrons. The number of carbonyl (C=O) groups excluding carboxylic acids is 2. The minimum Gasteiger partial charge on any atom is -0.394 e. The molecule has 1 fully saturated rings. The Hall–Kier alpha value is -1.12. The van der Waals surface area contributed by atoms with Gasteiger partial charge in [-0.2, -0.15) is 0 Å². The van der Waals surface area contributed by atoms with E-state index in [1.54, 1.807) is 5.57 Å². The second-order valence-corrected chi connectivity index (χ2v) is 5.59. The highest BCUT2D eigenvalue weighted by atomic mass is 16.6. The van der Waals surface area contributed by atoms with E-state index in [-0.39, 0.29) is 0 Å². The van der Waals surface area contributed by atoms with Crippen LogP contribution in [0.25, 0.3) is 0 Å². The Balaban J connectivity index is 0.000000185. The van der Waals surface area contributed by atoms with Crippen LogP contribution in [-0.2, 0) is 14.3 Å². The molecule has 17 heavy (non-hydrogen) atoms. The van der Waals surface area contributed by atoms with E-state index in [1.807, 2.05) is 0 Å². The molecule has 0 aromatic carbocycles. The van der Waals surface area contributed by atoms with Crippen LogP contribution in [0.15, 0.2) is 11.6 Å². The first kappa shape index (κ1) is 13.9. The lowest BCUT2D eigenvalue weighted by molar-refractivity contribution is -0.156. The van der Waals surface area contributed by atoms with Crippen molar-refractivity contribution in [1.82, 2.24) is 0 Å². The Kier molecular flexibility index (Phi) is 4.12. The lowest BCUT2D eigenvalue weighted by Gasteiger charge is -2.05. The van der Waals surface area contributed by atoms with Gasteiger partial charge in [-0.3, -0.25) is 9.59 Å². The Bertz CT molecular complexity index is 340. The van der Waals surface area contributed by atoms with Crippen molar-refractivity contribution in [3.63, 3.8) is 0 Å². The fourth-order valence-electron chi connectivity index (χ4n) is 2.64. The first-order chi connectivity index (χ1) is 7.75. The smallest absolute Gasteiger partial charge is 0.310 e. The van der Waals surface area contributed by atoms with Crippen LogP contribution in [0.2, 0.25) is 0 Å². The number of ether oxygens (including phenoxy) is 1. The fourth-order valence-corrected chi connectivity index (χ4v) is 2.64. The van der Waals surface area contributed by atoms with Crippen LogP contribution in [0, 0.1) is 17.3 Å². The van der Waals surface area contributed by atoms with Gasteiger partial charge in [0.05, 0.1) is 0 Å². The molecule has 0 aromatic heterocycles. The van der Waals surface area contributed by atoms with Crippen molar-refractivity contribution in [2.45, 2.75) is 47.5 Å². The summed E-state index contributed by atoms with van der Waals surface area (Å²) in [4.78, 5) is 19.6. The first-order valence-electron chi connectivity index (χ1n) is 6.11. The minimum absolute atomic E-state index is 0.562. The standard InChI is InChI=1S/C10H16.C4H6O3/c1-7-4-5-8-9(6-7)10(8,2)3;1-3(5)7-4(2)6/h6,8-9H,4-5H2,1-3H3;1-2H3. The van der Waals surface area contributed by atoms with Crippen LogP contribution >= 0.6 is 0 Å².